The normalized spacial score (nSPS) is 12.5. The number of halogens is 1. The maximum atomic E-state index is 13.7. The molecule has 1 amide bonds. The smallest absolute Gasteiger partial charge is 0.305 e. The molecule has 1 unspecified atom stereocenters. The quantitative estimate of drug-likeness (QED) is 0.731. The second kappa shape index (κ2) is 8.50. The highest BCUT2D eigenvalue weighted by Crippen LogP contribution is 2.22. The Balaban J connectivity index is 2.87. The summed E-state index contributed by atoms with van der Waals surface area (Å²) < 4.78 is 19.1. The van der Waals surface area contributed by atoms with Gasteiger partial charge in [-0.05, 0) is 31.4 Å². The number of benzene rings is 1. The van der Waals surface area contributed by atoms with Gasteiger partial charge in [-0.2, -0.15) is 0 Å². The molecule has 0 aromatic heterocycles. The fourth-order valence-corrected chi connectivity index (χ4v) is 2.37. The molecule has 1 aromatic rings. The number of para-hydroxylation sites is 1. The summed E-state index contributed by atoms with van der Waals surface area (Å²) in [6, 6.07) is 5.87. The van der Waals surface area contributed by atoms with Crippen LogP contribution in [0.2, 0.25) is 0 Å². The Hall–Kier alpha value is -2.11. The highest BCUT2D eigenvalue weighted by Gasteiger charge is 2.33. The van der Waals surface area contributed by atoms with E-state index in [0.29, 0.717) is 19.3 Å². The van der Waals surface area contributed by atoms with E-state index in [-0.39, 0.29) is 12.2 Å². The Morgan fingerprint density at radius 1 is 1.26 bits per heavy atom. The Morgan fingerprint density at radius 3 is 2.35 bits per heavy atom. The predicted octanol–water partition coefficient (Wildman–Crippen LogP) is 3.13. The number of nitrogens with one attached hydrogen (secondary N) is 1. The van der Waals surface area contributed by atoms with Crippen molar-refractivity contribution in [2.45, 2.75) is 58.1 Å². The summed E-state index contributed by atoms with van der Waals surface area (Å²) >= 11 is 0. The largest absolute Gasteiger partial charge is 0.481 e. The average Bonchev–Trinajstić information content (AvgIpc) is 2.52. The molecule has 0 spiro atoms. The van der Waals surface area contributed by atoms with E-state index in [1.54, 1.807) is 13.0 Å². The number of carboxylic acid groups (broad SMARTS) is 1. The Kier molecular flexibility index (Phi) is 7.00. The Morgan fingerprint density at radius 2 is 1.87 bits per heavy atom. The first kappa shape index (κ1) is 18.9. The fraction of sp³-hybridized carbons (Fsp3) is 0.529. The molecule has 0 saturated heterocycles. The molecule has 0 fully saturated rings. The number of rotatable bonds is 9. The number of carbonyl (C=O) groups excluding carboxylic acids is 1. The van der Waals surface area contributed by atoms with Crippen molar-refractivity contribution in [3.8, 4) is 5.75 Å². The van der Waals surface area contributed by atoms with Crippen LogP contribution in [0.3, 0.4) is 0 Å². The van der Waals surface area contributed by atoms with Crippen molar-refractivity contribution in [1.29, 1.82) is 0 Å². The molecule has 1 atom stereocenters. The average molecular weight is 325 g/mol. The molecule has 0 aliphatic heterocycles. The third-order valence-corrected chi connectivity index (χ3v) is 4.00. The molecule has 6 heteroatoms. The van der Waals surface area contributed by atoms with E-state index in [1.165, 1.54) is 18.2 Å². The van der Waals surface area contributed by atoms with E-state index >= 15 is 0 Å². The van der Waals surface area contributed by atoms with Crippen LogP contribution in [0.4, 0.5) is 4.39 Å². The molecular weight excluding hydrogens is 301 g/mol. The van der Waals surface area contributed by atoms with E-state index in [2.05, 4.69) is 5.32 Å². The third-order valence-electron chi connectivity index (χ3n) is 4.00. The van der Waals surface area contributed by atoms with Crippen LogP contribution in [0, 0.1) is 5.82 Å². The summed E-state index contributed by atoms with van der Waals surface area (Å²) in [5.41, 5.74) is -0.824. The van der Waals surface area contributed by atoms with E-state index in [0.717, 1.165) is 0 Å². The van der Waals surface area contributed by atoms with Crippen molar-refractivity contribution in [3.05, 3.63) is 30.1 Å². The van der Waals surface area contributed by atoms with Crippen LogP contribution in [0.25, 0.3) is 0 Å². The Labute approximate surface area is 135 Å². The van der Waals surface area contributed by atoms with Crippen molar-refractivity contribution in [1.82, 2.24) is 5.32 Å². The maximum Gasteiger partial charge on any atom is 0.305 e. The summed E-state index contributed by atoms with van der Waals surface area (Å²) in [6.45, 7) is 5.40. The Bertz CT molecular complexity index is 543. The lowest BCUT2D eigenvalue weighted by atomic mass is 9.88. The second-order valence-electron chi connectivity index (χ2n) is 5.49. The van der Waals surface area contributed by atoms with Gasteiger partial charge in [-0.3, -0.25) is 9.59 Å². The van der Waals surface area contributed by atoms with Gasteiger partial charge in [0, 0.05) is 0 Å². The lowest BCUT2D eigenvalue weighted by molar-refractivity contribution is -0.140. The summed E-state index contributed by atoms with van der Waals surface area (Å²) in [6.07, 6.45) is 0.270. The molecule has 5 nitrogen and oxygen atoms in total. The maximum absolute atomic E-state index is 13.7. The summed E-state index contributed by atoms with van der Waals surface area (Å²) in [4.78, 5) is 23.5. The van der Waals surface area contributed by atoms with Crippen molar-refractivity contribution in [3.63, 3.8) is 0 Å². The minimum Gasteiger partial charge on any atom is -0.481 e. The molecule has 2 N–H and O–H groups in total. The van der Waals surface area contributed by atoms with Gasteiger partial charge in [-0.25, -0.2) is 4.39 Å². The van der Waals surface area contributed by atoms with Gasteiger partial charge in [0.1, 0.15) is 0 Å². The molecule has 0 radical (unpaired) electrons. The first-order valence-corrected chi connectivity index (χ1v) is 7.82. The lowest BCUT2D eigenvalue weighted by Gasteiger charge is -2.33. The van der Waals surface area contributed by atoms with Gasteiger partial charge in [-0.1, -0.05) is 32.9 Å². The molecule has 0 aliphatic rings. The van der Waals surface area contributed by atoms with E-state index in [4.69, 9.17) is 9.84 Å². The van der Waals surface area contributed by atoms with E-state index in [1.807, 2.05) is 13.8 Å². The van der Waals surface area contributed by atoms with Crippen molar-refractivity contribution >= 4 is 11.9 Å². The summed E-state index contributed by atoms with van der Waals surface area (Å²) in [7, 11) is 0. The third kappa shape index (κ3) is 5.23. The number of hydrogen-bond acceptors (Lipinski definition) is 3. The first-order valence-electron chi connectivity index (χ1n) is 7.82. The van der Waals surface area contributed by atoms with Crippen LogP contribution >= 0.6 is 0 Å². The van der Waals surface area contributed by atoms with E-state index in [9.17, 15) is 14.0 Å². The number of hydrogen-bond donors (Lipinski definition) is 2. The molecule has 23 heavy (non-hydrogen) atoms. The van der Waals surface area contributed by atoms with Crippen LogP contribution in [-0.4, -0.2) is 28.6 Å². The minimum absolute atomic E-state index is 0.00586. The zero-order valence-electron chi connectivity index (χ0n) is 13.8. The van der Waals surface area contributed by atoms with Gasteiger partial charge >= 0.3 is 5.97 Å². The number of ether oxygens (including phenoxy) is 1. The van der Waals surface area contributed by atoms with Crippen LogP contribution in [0.15, 0.2) is 24.3 Å². The number of carboxylic acids is 1. The van der Waals surface area contributed by atoms with Gasteiger partial charge in [0.25, 0.3) is 5.91 Å². The zero-order valence-corrected chi connectivity index (χ0v) is 13.8. The summed E-state index contributed by atoms with van der Waals surface area (Å²) in [5, 5.41) is 11.8. The van der Waals surface area contributed by atoms with Crippen LogP contribution < -0.4 is 10.1 Å². The molecule has 1 aromatic carbocycles. The topological polar surface area (TPSA) is 75.6 Å². The minimum atomic E-state index is -0.975. The van der Waals surface area contributed by atoms with Crippen molar-refractivity contribution < 1.29 is 23.8 Å². The first-order chi connectivity index (χ1) is 10.9. The lowest BCUT2D eigenvalue weighted by Crippen LogP contribution is -2.53. The summed E-state index contributed by atoms with van der Waals surface area (Å²) in [5.74, 6) is -1.94. The number of amides is 1. The fourth-order valence-electron chi connectivity index (χ4n) is 2.37. The molecule has 0 aliphatic carbocycles. The molecule has 1 rings (SSSR count). The van der Waals surface area contributed by atoms with Crippen LogP contribution in [0.1, 0.15) is 46.5 Å². The number of carbonyl (C=O) groups is 2. The van der Waals surface area contributed by atoms with Crippen molar-refractivity contribution in [2.75, 3.05) is 0 Å². The second-order valence-corrected chi connectivity index (χ2v) is 5.49. The zero-order chi connectivity index (χ0) is 17.5. The monoisotopic (exact) mass is 325 g/mol. The van der Waals surface area contributed by atoms with Gasteiger partial charge in [0.2, 0.25) is 0 Å². The van der Waals surface area contributed by atoms with Gasteiger partial charge in [-0.15, -0.1) is 0 Å². The van der Waals surface area contributed by atoms with Crippen LogP contribution in [-0.2, 0) is 9.59 Å². The SMILES string of the molecule is CCC(Oc1ccccc1F)C(=O)NC(CC)(CC)CC(=O)O. The molecular formula is C17H24FNO4. The molecule has 128 valence electrons. The predicted molar refractivity (Wildman–Crippen MR) is 84.8 cm³/mol. The van der Waals surface area contributed by atoms with Crippen molar-refractivity contribution in [2.24, 2.45) is 0 Å². The molecule has 0 bridgehead atoms. The molecule has 0 saturated carbocycles. The van der Waals surface area contributed by atoms with Gasteiger partial charge in [0.05, 0.1) is 12.0 Å². The highest BCUT2D eigenvalue weighted by molar-refractivity contribution is 5.82. The highest BCUT2D eigenvalue weighted by atomic mass is 19.1. The molecule has 0 heterocycles. The van der Waals surface area contributed by atoms with Gasteiger partial charge in [0.15, 0.2) is 17.7 Å². The standard InChI is InChI=1S/C17H24FNO4/c1-4-13(23-14-10-8-7-9-12(14)18)16(22)19-17(5-2,6-3)11-15(20)21/h7-10,13H,4-6,11H2,1-3H3,(H,19,22)(H,20,21). The van der Waals surface area contributed by atoms with E-state index < -0.39 is 29.3 Å². The number of aliphatic carboxylic acids is 1. The van der Waals surface area contributed by atoms with Gasteiger partial charge < -0.3 is 15.2 Å². The van der Waals surface area contributed by atoms with Crippen LogP contribution in [0.5, 0.6) is 5.75 Å².